The van der Waals surface area contributed by atoms with E-state index in [-0.39, 0.29) is 11.9 Å². The molecule has 2 aliphatic rings. The minimum absolute atomic E-state index is 0.0241. The van der Waals surface area contributed by atoms with Crippen LogP contribution < -0.4 is 4.74 Å². The molecular weight excluding hydrogens is 388 g/mol. The van der Waals surface area contributed by atoms with E-state index in [9.17, 15) is 4.79 Å². The molecule has 2 heterocycles. The number of carbonyl (C=O) groups excluding carboxylic acids is 1. The smallest absolute Gasteiger partial charge is 0.257 e. The van der Waals surface area contributed by atoms with Crippen LogP contribution in [0.1, 0.15) is 41.9 Å². The predicted octanol–water partition coefficient (Wildman–Crippen LogP) is 4.04. The molecule has 0 bridgehead atoms. The highest BCUT2D eigenvalue weighted by molar-refractivity contribution is 5.97. The van der Waals surface area contributed by atoms with Crippen LogP contribution in [-0.2, 0) is 0 Å². The first-order valence-electron chi connectivity index (χ1n) is 11.2. The third-order valence-electron chi connectivity index (χ3n) is 7.06. The van der Waals surface area contributed by atoms with Gasteiger partial charge in [-0.05, 0) is 50.5 Å². The van der Waals surface area contributed by atoms with Gasteiger partial charge in [-0.15, -0.1) is 0 Å². The third kappa shape index (κ3) is 3.49. The number of imidazole rings is 1. The lowest BCUT2D eigenvalue weighted by molar-refractivity contribution is 0.0717. The number of ether oxygens (including phenoxy) is 1. The predicted molar refractivity (Wildman–Crippen MR) is 122 cm³/mol. The number of fused-ring (bicyclic) bond motifs is 1. The third-order valence-corrected chi connectivity index (χ3v) is 7.06. The summed E-state index contributed by atoms with van der Waals surface area (Å²) in [5.74, 6) is 1.53. The Labute approximate surface area is 183 Å². The highest BCUT2D eigenvalue weighted by Crippen LogP contribution is 2.31. The second-order valence-corrected chi connectivity index (χ2v) is 8.81. The van der Waals surface area contributed by atoms with Crippen LogP contribution in [0.3, 0.4) is 0 Å². The number of carbonyl (C=O) groups is 1. The quantitative estimate of drug-likeness (QED) is 0.628. The van der Waals surface area contributed by atoms with Crippen molar-refractivity contribution in [3.8, 4) is 11.4 Å². The number of nitrogens with zero attached hydrogens (tertiary/aromatic N) is 4. The lowest BCUT2D eigenvalue weighted by Crippen LogP contribution is -2.43. The normalized spacial score (nSPS) is 19.5. The van der Waals surface area contributed by atoms with Crippen molar-refractivity contribution < 1.29 is 9.53 Å². The van der Waals surface area contributed by atoms with Gasteiger partial charge in [-0.3, -0.25) is 14.3 Å². The lowest BCUT2D eigenvalue weighted by Gasteiger charge is -2.35. The van der Waals surface area contributed by atoms with Gasteiger partial charge in [-0.25, -0.2) is 4.98 Å². The Hall–Kier alpha value is -2.86. The van der Waals surface area contributed by atoms with E-state index in [1.807, 2.05) is 55.3 Å². The zero-order chi connectivity index (χ0) is 21.5. The zero-order valence-corrected chi connectivity index (χ0v) is 18.5. The average Bonchev–Trinajstić information content (AvgIpc) is 3.35. The van der Waals surface area contributed by atoms with Crippen LogP contribution in [0.4, 0.5) is 0 Å². The molecule has 1 aliphatic carbocycles. The van der Waals surface area contributed by atoms with Gasteiger partial charge in [0.15, 0.2) is 0 Å². The largest absolute Gasteiger partial charge is 0.496 e. The fourth-order valence-corrected chi connectivity index (χ4v) is 4.99. The van der Waals surface area contributed by atoms with Crippen LogP contribution in [0.2, 0.25) is 0 Å². The number of aromatic nitrogens is 2. The second kappa shape index (κ2) is 8.00. The van der Waals surface area contributed by atoms with Gasteiger partial charge in [0.2, 0.25) is 0 Å². The Balaban J connectivity index is 1.41. The molecule has 5 rings (SSSR count). The maximum atomic E-state index is 13.4. The van der Waals surface area contributed by atoms with Crippen molar-refractivity contribution in [3.63, 3.8) is 0 Å². The van der Waals surface area contributed by atoms with Crippen molar-refractivity contribution in [1.82, 2.24) is 19.4 Å². The minimum Gasteiger partial charge on any atom is -0.496 e. The molecule has 2 aromatic carbocycles. The SMILES string of the molecule is COc1cc(-n2c(C)nc3ccccc32)ccc1C(=O)N(C)C1CCN(C2CCC2)C1. The summed E-state index contributed by atoms with van der Waals surface area (Å²) in [6, 6.07) is 14.9. The van der Waals surface area contributed by atoms with Gasteiger partial charge in [0, 0.05) is 38.3 Å². The molecule has 6 nitrogen and oxygen atoms in total. The van der Waals surface area contributed by atoms with Crippen molar-refractivity contribution in [1.29, 1.82) is 0 Å². The van der Waals surface area contributed by atoms with E-state index < -0.39 is 0 Å². The molecule has 1 saturated heterocycles. The number of methoxy groups -OCH3 is 1. The summed E-state index contributed by atoms with van der Waals surface area (Å²) in [7, 11) is 3.56. The summed E-state index contributed by atoms with van der Waals surface area (Å²) in [4.78, 5) is 22.5. The molecule has 1 atom stereocenters. The topological polar surface area (TPSA) is 50.6 Å². The summed E-state index contributed by atoms with van der Waals surface area (Å²) in [5.41, 5.74) is 3.55. The molecule has 6 heteroatoms. The van der Waals surface area contributed by atoms with Gasteiger partial charge >= 0.3 is 0 Å². The maximum Gasteiger partial charge on any atom is 0.257 e. The van der Waals surface area contributed by atoms with Crippen LogP contribution >= 0.6 is 0 Å². The Morgan fingerprint density at radius 2 is 1.97 bits per heavy atom. The number of hydrogen-bond donors (Lipinski definition) is 0. The molecule has 2 fully saturated rings. The van der Waals surface area contributed by atoms with E-state index in [0.717, 1.165) is 48.1 Å². The molecule has 0 N–H and O–H groups in total. The standard InChI is InChI=1S/C25H30N4O2/c1-17-26-22-9-4-5-10-23(22)29(17)19-11-12-21(24(15-19)31-3)25(30)27(2)20-13-14-28(16-20)18-7-6-8-18/h4-5,9-12,15,18,20H,6-8,13-14,16H2,1-3H3. The minimum atomic E-state index is 0.0241. The fraction of sp³-hybridized carbons (Fsp3) is 0.440. The Kier molecular flexibility index (Phi) is 5.18. The Morgan fingerprint density at radius 1 is 1.16 bits per heavy atom. The first-order chi connectivity index (χ1) is 15.1. The summed E-state index contributed by atoms with van der Waals surface area (Å²) >= 11 is 0. The number of hydrogen-bond acceptors (Lipinski definition) is 4. The maximum absolute atomic E-state index is 13.4. The van der Waals surface area contributed by atoms with Gasteiger partial charge in [0.25, 0.3) is 5.91 Å². The number of likely N-dealkylation sites (tertiary alicyclic amines) is 1. The van der Waals surface area contributed by atoms with E-state index in [1.54, 1.807) is 7.11 Å². The summed E-state index contributed by atoms with van der Waals surface area (Å²) in [5, 5.41) is 0. The molecule has 162 valence electrons. The monoisotopic (exact) mass is 418 g/mol. The molecular formula is C25H30N4O2. The van der Waals surface area contributed by atoms with E-state index in [1.165, 1.54) is 19.3 Å². The Morgan fingerprint density at radius 3 is 2.71 bits per heavy atom. The van der Waals surface area contributed by atoms with Gasteiger partial charge < -0.3 is 9.64 Å². The number of benzene rings is 2. The van der Waals surface area contributed by atoms with Crippen molar-refractivity contribution in [2.75, 3.05) is 27.2 Å². The van der Waals surface area contributed by atoms with E-state index in [0.29, 0.717) is 11.3 Å². The van der Waals surface area contributed by atoms with Crippen molar-refractivity contribution in [3.05, 3.63) is 53.9 Å². The van der Waals surface area contributed by atoms with Gasteiger partial charge in [-0.2, -0.15) is 0 Å². The van der Waals surface area contributed by atoms with Crippen LogP contribution in [0, 0.1) is 6.92 Å². The van der Waals surface area contributed by atoms with Crippen LogP contribution in [-0.4, -0.2) is 64.6 Å². The first-order valence-corrected chi connectivity index (χ1v) is 11.2. The fourth-order valence-electron chi connectivity index (χ4n) is 4.99. The molecule has 1 unspecified atom stereocenters. The van der Waals surface area contributed by atoms with E-state index in [4.69, 9.17) is 4.74 Å². The molecule has 1 aromatic heterocycles. The van der Waals surface area contributed by atoms with Gasteiger partial charge in [0.1, 0.15) is 11.6 Å². The molecule has 1 aliphatic heterocycles. The van der Waals surface area contributed by atoms with Gasteiger partial charge in [-0.1, -0.05) is 18.6 Å². The van der Waals surface area contributed by atoms with Crippen LogP contribution in [0.15, 0.2) is 42.5 Å². The number of amides is 1. The van der Waals surface area contributed by atoms with Crippen molar-refractivity contribution in [2.24, 2.45) is 0 Å². The second-order valence-electron chi connectivity index (χ2n) is 8.81. The molecule has 31 heavy (non-hydrogen) atoms. The summed E-state index contributed by atoms with van der Waals surface area (Å²) in [6.45, 7) is 4.07. The molecule has 0 spiro atoms. The first kappa shape index (κ1) is 20.1. The number of para-hydroxylation sites is 2. The van der Waals surface area contributed by atoms with E-state index in [2.05, 4.69) is 20.5 Å². The molecule has 1 amide bonds. The zero-order valence-electron chi connectivity index (χ0n) is 18.5. The average molecular weight is 419 g/mol. The summed E-state index contributed by atoms with van der Waals surface area (Å²) < 4.78 is 7.76. The molecule has 0 radical (unpaired) electrons. The van der Waals surface area contributed by atoms with Crippen LogP contribution in [0.25, 0.3) is 16.7 Å². The molecule has 3 aromatic rings. The van der Waals surface area contributed by atoms with E-state index >= 15 is 0 Å². The van der Waals surface area contributed by atoms with Crippen molar-refractivity contribution in [2.45, 2.75) is 44.7 Å². The molecule has 1 saturated carbocycles. The summed E-state index contributed by atoms with van der Waals surface area (Å²) in [6.07, 6.45) is 5.00. The Bertz CT molecular complexity index is 1120. The number of aryl methyl sites for hydroxylation is 1. The highest BCUT2D eigenvalue weighted by Gasteiger charge is 2.35. The number of rotatable bonds is 5. The lowest BCUT2D eigenvalue weighted by atomic mass is 9.92. The highest BCUT2D eigenvalue weighted by atomic mass is 16.5. The van der Waals surface area contributed by atoms with Gasteiger partial charge in [0.05, 0.1) is 29.4 Å². The number of likely N-dealkylation sites (N-methyl/N-ethyl adjacent to an activating group) is 1. The van der Waals surface area contributed by atoms with Crippen LogP contribution in [0.5, 0.6) is 5.75 Å². The van der Waals surface area contributed by atoms with Crippen molar-refractivity contribution >= 4 is 16.9 Å².